The van der Waals surface area contributed by atoms with Crippen LogP contribution in [0.1, 0.15) is 22.2 Å². The van der Waals surface area contributed by atoms with Crippen molar-refractivity contribution in [2.75, 3.05) is 5.32 Å². The van der Waals surface area contributed by atoms with Crippen LogP contribution >= 0.6 is 11.3 Å². The van der Waals surface area contributed by atoms with Crippen LogP contribution in [-0.2, 0) is 5.92 Å². The smallest absolute Gasteiger partial charge is 0.270 e. The first-order valence-corrected chi connectivity index (χ1v) is 8.25. The van der Waals surface area contributed by atoms with Crippen LogP contribution < -0.4 is 5.32 Å². The molecule has 0 aliphatic carbocycles. The highest BCUT2D eigenvalue weighted by atomic mass is 32.1. The average molecular weight is 343 g/mol. The maximum Gasteiger partial charge on any atom is 0.270 e. The molecule has 3 aromatic rings. The van der Waals surface area contributed by atoms with Crippen molar-refractivity contribution < 1.29 is 13.6 Å². The number of hydrogen-bond acceptors (Lipinski definition) is 2. The highest BCUT2D eigenvalue weighted by Gasteiger charge is 2.25. The van der Waals surface area contributed by atoms with Crippen molar-refractivity contribution in [3.63, 3.8) is 0 Å². The predicted molar refractivity (Wildman–Crippen MR) is 93.7 cm³/mol. The number of alkyl halides is 2. The molecular formula is C19H15F2NOS. The number of rotatable bonds is 4. The second-order valence-corrected chi connectivity index (χ2v) is 6.43. The minimum atomic E-state index is -2.99. The van der Waals surface area contributed by atoms with Gasteiger partial charge < -0.3 is 5.32 Å². The standard InChI is InChI=1S/C19H15F2NOS/c1-19(20,21)15-10-14(13-6-3-2-4-7-13)11-16(12-15)22-18(23)17-8-5-9-24-17/h2-12H,1H3,(H,22,23). The van der Waals surface area contributed by atoms with Gasteiger partial charge in [-0.25, -0.2) is 8.78 Å². The largest absolute Gasteiger partial charge is 0.321 e. The molecule has 0 fully saturated rings. The Labute approximate surface area is 142 Å². The monoisotopic (exact) mass is 343 g/mol. The summed E-state index contributed by atoms with van der Waals surface area (Å²) in [5, 5.41) is 4.50. The third-order valence-corrected chi connectivity index (χ3v) is 4.42. The van der Waals surface area contributed by atoms with Gasteiger partial charge in [0.2, 0.25) is 0 Å². The first-order chi connectivity index (χ1) is 11.4. The SMILES string of the molecule is CC(F)(F)c1cc(NC(=O)c2cccs2)cc(-c2ccccc2)c1. The van der Waals surface area contributed by atoms with E-state index < -0.39 is 5.92 Å². The molecule has 0 unspecified atom stereocenters. The van der Waals surface area contributed by atoms with Gasteiger partial charge in [0, 0.05) is 18.2 Å². The molecule has 0 spiro atoms. The summed E-state index contributed by atoms with van der Waals surface area (Å²) in [6.07, 6.45) is 0. The van der Waals surface area contributed by atoms with Gasteiger partial charge in [-0.3, -0.25) is 4.79 Å². The van der Waals surface area contributed by atoms with Crippen molar-refractivity contribution >= 4 is 22.9 Å². The van der Waals surface area contributed by atoms with Crippen LogP contribution in [0.2, 0.25) is 0 Å². The molecule has 0 saturated heterocycles. The van der Waals surface area contributed by atoms with Crippen LogP contribution in [0, 0.1) is 0 Å². The summed E-state index contributed by atoms with van der Waals surface area (Å²) in [6, 6.07) is 17.2. The molecule has 1 aromatic heterocycles. The minimum absolute atomic E-state index is 0.134. The Bertz CT molecular complexity index is 840. The number of anilines is 1. The fourth-order valence-corrected chi connectivity index (χ4v) is 2.97. The lowest BCUT2D eigenvalue weighted by Gasteiger charge is -2.15. The Morgan fingerprint density at radius 3 is 2.38 bits per heavy atom. The van der Waals surface area contributed by atoms with E-state index in [4.69, 9.17) is 0 Å². The van der Waals surface area contributed by atoms with Crippen LogP contribution in [0.4, 0.5) is 14.5 Å². The molecule has 24 heavy (non-hydrogen) atoms. The normalized spacial score (nSPS) is 11.3. The van der Waals surface area contributed by atoms with E-state index in [0.29, 0.717) is 16.1 Å². The molecule has 1 amide bonds. The van der Waals surface area contributed by atoms with E-state index in [-0.39, 0.29) is 11.5 Å². The molecule has 0 bridgehead atoms. The molecule has 0 aliphatic heterocycles. The summed E-state index contributed by atoms with van der Waals surface area (Å²) in [4.78, 5) is 12.7. The summed E-state index contributed by atoms with van der Waals surface area (Å²) in [5.41, 5.74) is 1.67. The zero-order valence-electron chi connectivity index (χ0n) is 12.9. The summed E-state index contributed by atoms with van der Waals surface area (Å²) in [5.74, 6) is -3.30. The molecule has 2 nitrogen and oxygen atoms in total. The molecule has 122 valence electrons. The number of carbonyl (C=O) groups is 1. The van der Waals surface area contributed by atoms with Crippen LogP contribution in [-0.4, -0.2) is 5.91 Å². The number of benzene rings is 2. The minimum Gasteiger partial charge on any atom is -0.321 e. The Kier molecular flexibility index (Phi) is 4.44. The van der Waals surface area contributed by atoms with E-state index in [9.17, 15) is 13.6 Å². The molecule has 5 heteroatoms. The maximum absolute atomic E-state index is 13.8. The molecule has 0 aliphatic rings. The van der Waals surface area contributed by atoms with Gasteiger partial charge in [0.15, 0.2) is 0 Å². The Hall–Kier alpha value is -2.53. The third kappa shape index (κ3) is 3.68. The summed E-state index contributed by atoms with van der Waals surface area (Å²) >= 11 is 1.30. The van der Waals surface area contributed by atoms with E-state index in [2.05, 4.69) is 5.32 Å². The van der Waals surface area contributed by atoms with E-state index >= 15 is 0 Å². The van der Waals surface area contributed by atoms with E-state index in [1.54, 1.807) is 23.6 Å². The number of thiophene rings is 1. The Morgan fingerprint density at radius 1 is 1.00 bits per heavy atom. The summed E-state index contributed by atoms with van der Waals surface area (Å²) in [6.45, 7) is 0.849. The van der Waals surface area contributed by atoms with Gasteiger partial charge in [0.05, 0.1) is 4.88 Å². The van der Waals surface area contributed by atoms with E-state index in [1.165, 1.54) is 23.5 Å². The number of carbonyl (C=O) groups excluding carboxylic acids is 1. The van der Waals surface area contributed by atoms with E-state index in [0.717, 1.165) is 12.5 Å². The first kappa shape index (κ1) is 16.3. The number of hydrogen-bond donors (Lipinski definition) is 1. The van der Waals surface area contributed by atoms with Crippen LogP contribution in [0.5, 0.6) is 0 Å². The highest BCUT2D eigenvalue weighted by Crippen LogP contribution is 2.33. The molecule has 1 heterocycles. The number of amides is 1. The number of halogens is 2. The van der Waals surface area contributed by atoms with Crippen LogP contribution in [0.15, 0.2) is 66.0 Å². The molecule has 0 radical (unpaired) electrons. The van der Waals surface area contributed by atoms with Crippen LogP contribution in [0.3, 0.4) is 0 Å². The lowest BCUT2D eigenvalue weighted by Crippen LogP contribution is -2.12. The van der Waals surface area contributed by atoms with Gasteiger partial charge in [0.1, 0.15) is 0 Å². The second kappa shape index (κ2) is 6.53. The van der Waals surface area contributed by atoms with Gasteiger partial charge >= 0.3 is 0 Å². The maximum atomic E-state index is 13.8. The lowest BCUT2D eigenvalue weighted by molar-refractivity contribution is 0.0175. The van der Waals surface area contributed by atoms with Gasteiger partial charge in [-0.2, -0.15) is 0 Å². The lowest BCUT2D eigenvalue weighted by atomic mass is 9.99. The molecular weight excluding hydrogens is 328 g/mol. The second-order valence-electron chi connectivity index (χ2n) is 5.48. The average Bonchev–Trinajstić information content (AvgIpc) is 3.09. The van der Waals surface area contributed by atoms with Crippen LogP contribution in [0.25, 0.3) is 11.1 Å². The zero-order valence-corrected chi connectivity index (χ0v) is 13.7. The van der Waals surface area contributed by atoms with Gasteiger partial charge in [0.25, 0.3) is 11.8 Å². The summed E-state index contributed by atoms with van der Waals surface area (Å²) in [7, 11) is 0. The van der Waals surface area contributed by atoms with Crippen molar-refractivity contribution in [1.82, 2.24) is 0 Å². The van der Waals surface area contributed by atoms with Gasteiger partial charge in [-0.05, 0) is 40.8 Å². The molecule has 0 saturated carbocycles. The van der Waals surface area contributed by atoms with Crippen molar-refractivity contribution in [2.45, 2.75) is 12.8 Å². The summed E-state index contributed by atoms with van der Waals surface area (Å²) < 4.78 is 27.7. The topological polar surface area (TPSA) is 29.1 Å². The van der Waals surface area contributed by atoms with E-state index in [1.807, 2.05) is 30.3 Å². The quantitative estimate of drug-likeness (QED) is 0.639. The fraction of sp³-hybridized carbons (Fsp3) is 0.105. The first-order valence-electron chi connectivity index (χ1n) is 7.37. The molecule has 2 aromatic carbocycles. The van der Waals surface area contributed by atoms with Crippen molar-refractivity contribution in [3.05, 3.63) is 76.5 Å². The highest BCUT2D eigenvalue weighted by molar-refractivity contribution is 7.12. The predicted octanol–water partition coefficient (Wildman–Crippen LogP) is 5.78. The Morgan fingerprint density at radius 2 is 1.75 bits per heavy atom. The van der Waals surface area contributed by atoms with Crippen molar-refractivity contribution in [2.24, 2.45) is 0 Å². The fourth-order valence-electron chi connectivity index (χ4n) is 2.35. The number of nitrogens with one attached hydrogen (secondary N) is 1. The molecule has 0 atom stereocenters. The van der Waals surface area contributed by atoms with Gasteiger partial charge in [-0.15, -0.1) is 11.3 Å². The Balaban J connectivity index is 2.01. The van der Waals surface area contributed by atoms with Gasteiger partial charge in [-0.1, -0.05) is 36.4 Å². The zero-order chi connectivity index (χ0) is 17.2. The molecule has 1 N–H and O–H groups in total. The molecule has 3 rings (SSSR count). The van der Waals surface area contributed by atoms with Crippen molar-refractivity contribution in [1.29, 1.82) is 0 Å². The van der Waals surface area contributed by atoms with Crippen molar-refractivity contribution in [3.8, 4) is 11.1 Å². The third-order valence-electron chi connectivity index (χ3n) is 3.55.